The number of para-hydroxylation sites is 1. The Kier molecular flexibility index (Phi) is 3.97. The van der Waals surface area contributed by atoms with E-state index in [-0.39, 0.29) is 5.69 Å². The van der Waals surface area contributed by atoms with E-state index in [1.165, 1.54) is 0 Å². The number of nitrogens with two attached hydrogens (primary N) is 1. The maximum Gasteiger partial charge on any atom is 0.293 e. The lowest BCUT2D eigenvalue weighted by Gasteiger charge is -2.09. The number of nitrogens with zero attached hydrogens (tertiary/aromatic N) is 1. The highest BCUT2D eigenvalue weighted by Gasteiger charge is 2.10. The number of hydroxylamine groups is 1. The second-order valence-electron chi connectivity index (χ2n) is 4.75. The molecule has 5 heteroatoms. The molecular formula is C14H17N3O2. The lowest BCUT2D eigenvalue weighted by Crippen LogP contribution is -2.26. The van der Waals surface area contributed by atoms with Crippen LogP contribution in [0.2, 0.25) is 0 Å². The number of pyridine rings is 1. The minimum atomic E-state index is -0.391. The summed E-state index contributed by atoms with van der Waals surface area (Å²) in [6.45, 7) is 4.45. The molecule has 0 spiro atoms. The molecule has 5 nitrogen and oxygen atoms in total. The van der Waals surface area contributed by atoms with Crippen molar-refractivity contribution in [3.63, 3.8) is 0 Å². The summed E-state index contributed by atoms with van der Waals surface area (Å²) >= 11 is 0. The number of hydrogen-bond acceptors (Lipinski definition) is 4. The Morgan fingerprint density at radius 2 is 2.16 bits per heavy atom. The molecule has 2 aromatic rings. The van der Waals surface area contributed by atoms with Gasteiger partial charge in [-0.15, -0.1) is 0 Å². The van der Waals surface area contributed by atoms with Crippen molar-refractivity contribution in [2.75, 3.05) is 12.3 Å². The zero-order valence-corrected chi connectivity index (χ0v) is 11.0. The predicted molar refractivity (Wildman–Crippen MR) is 74.4 cm³/mol. The van der Waals surface area contributed by atoms with Crippen LogP contribution in [0.25, 0.3) is 10.9 Å². The van der Waals surface area contributed by atoms with Gasteiger partial charge in [0.05, 0.1) is 12.1 Å². The number of carbonyl (C=O) groups excluding carboxylic acids is 1. The lowest BCUT2D eigenvalue weighted by atomic mass is 10.1. The Morgan fingerprint density at radius 3 is 2.89 bits per heavy atom. The van der Waals surface area contributed by atoms with E-state index in [4.69, 9.17) is 10.6 Å². The van der Waals surface area contributed by atoms with Gasteiger partial charge in [0, 0.05) is 11.1 Å². The Balaban J connectivity index is 2.18. The number of benzene rings is 1. The molecule has 0 saturated heterocycles. The summed E-state index contributed by atoms with van der Waals surface area (Å²) in [6, 6.07) is 8.97. The van der Waals surface area contributed by atoms with Gasteiger partial charge >= 0.3 is 0 Å². The number of carbonyl (C=O) groups is 1. The largest absolute Gasteiger partial charge is 0.398 e. The minimum absolute atomic E-state index is 0.250. The molecule has 1 aromatic carbocycles. The number of rotatable bonds is 4. The van der Waals surface area contributed by atoms with Gasteiger partial charge in [0.2, 0.25) is 0 Å². The van der Waals surface area contributed by atoms with E-state index < -0.39 is 5.91 Å². The highest BCUT2D eigenvalue weighted by Crippen LogP contribution is 2.19. The first-order valence-corrected chi connectivity index (χ1v) is 6.15. The molecule has 0 fully saturated rings. The maximum atomic E-state index is 11.9. The molecule has 2 rings (SSSR count). The number of fused-ring (bicyclic) bond motifs is 1. The molecule has 0 saturated carbocycles. The molecule has 100 valence electrons. The molecule has 19 heavy (non-hydrogen) atoms. The Labute approximate surface area is 111 Å². The first-order chi connectivity index (χ1) is 9.08. The third kappa shape index (κ3) is 3.20. The number of nitrogens with one attached hydrogen (secondary N) is 1. The predicted octanol–water partition coefficient (Wildman–Crippen LogP) is 2.13. The van der Waals surface area contributed by atoms with Gasteiger partial charge in [-0.25, -0.2) is 10.5 Å². The van der Waals surface area contributed by atoms with Gasteiger partial charge in [0.25, 0.3) is 5.91 Å². The molecule has 0 atom stereocenters. The number of aromatic nitrogens is 1. The summed E-state index contributed by atoms with van der Waals surface area (Å²) in [5.41, 5.74) is 9.74. The van der Waals surface area contributed by atoms with Gasteiger partial charge in [0.15, 0.2) is 0 Å². The topological polar surface area (TPSA) is 77.2 Å². The fourth-order valence-electron chi connectivity index (χ4n) is 1.64. The molecular weight excluding hydrogens is 242 g/mol. The van der Waals surface area contributed by atoms with Crippen molar-refractivity contribution in [1.29, 1.82) is 0 Å². The second kappa shape index (κ2) is 5.67. The lowest BCUT2D eigenvalue weighted by molar-refractivity contribution is 0.0205. The van der Waals surface area contributed by atoms with E-state index in [1.54, 1.807) is 6.07 Å². The normalized spacial score (nSPS) is 10.9. The highest BCUT2D eigenvalue weighted by atomic mass is 16.6. The summed E-state index contributed by atoms with van der Waals surface area (Å²) < 4.78 is 0. The second-order valence-corrected chi connectivity index (χ2v) is 4.75. The molecule has 0 aliphatic rings. The summed E-state index contributed by atoms with van der Waals surface area (Å²) in [5, 5.41) is 0.835. The molecule has 0 aliphatic heterocycles. The van der Waals surface area contributed by atoms with Crippen molar-refractivity contribution in [3.8, 4) is 0 Å². The summed E-state index contributed by atoms with van der Waals surface area (Å²) in [4.78, 5) is 21.2. The highest BCUT2D eigenvalue weighted by molar-refractivity contribution is 5.98. The van der Waals surface area contributed by atoms with E-state index in [0.29, 0.717) is 23.7 Å². The van der Waals surface area contributed by atoms with Crippen molar-refractivity contribution in [1.82, 2.24) is 10.5 Å². The molecule has 0 bridgehead atoms. The van der Waals surface area contributed by atoms with Crippen LogP contribution in [0.15, 0.2) is 30.3 Å². The molecule has 3 N–H and O–H groups in total. The fourth-order valence-corrected chi connectivity index (χ4v) is 1.64. The van der Waals surface area contributed by atoms with Crippen LogP contribution in [0.1, 0.15) is 24.3 Å². The van der Waals surface area contributed by atoms with Crippen molar-refractivity contribution in [2.45, 2.75) is 13.8 Å². The van der Waals surface area contributed by atoms with Gasteiger partial charge < -0.3 is 5.73 Å². The Hall–Kier alpha value is -2.14. The number of nitrogen functional groups attached to an aromatic ring is 1. The SMILES string of the molecule is CC(C)CONC(=O)c1cc(N)c2ccccc2n1. The number of hydrogen-bond donors (Lipinski definition) is 2. The van der Waals surface area contributed by atoms with Gasteiger partial charge in [-0.3, -0.25) is 9.63 Å². The van der Waals surface area contributed by atoms with Crippen LogP contribution in [0.5, 0.6) is 0 Å². The fraction of sp³-hybridized carbons (Fsp3) is 0.286. The van der Waals surface area contributed by atoms with Crippen LogP contribution in [0.4, 0.5) is 5.69 Å². The monoisotopic (exact) mass is 259 g/mol. The Bertz CT molecular complexity index is 596. The van der Waals surface area contributed by atoms with Crippen LogP contribution in [0.3, 0.4) is 0 Å². The standard InChI is InChI=1S/C14H17N3O2/c1-9(2)8-19-17-14(18)13-7-11(15)10-5-3-4-6-12(10)16-13/h3-7,9H,8H2,1-2H3,(H2,15,16)(H,17,18). The van der Waals surface area contributed by atoms with Gasteiger partial charge in [-0.05, 0) is 18.1 Å². The molecule has 0 unspecified atom stereocenters. The first kappa shape index (κ1) is 13.3. The smallest absolute Gasteiger partial charge is 0.293 e. The van der Waals surface area contributed by atoms with Crippen molar-refractivity contribution < 1.29 is 9.63 Å². The van der Waals surface area contributed by atoms with Crippen LogP contribution >= 0.6 is 0 Å². The first-order valence-electron chi connectivity index (χ1n) is 6.15. The molecule has 1 amide bonds. The van der Waals surface area contributed by atoms with Crippen LogP contribution in [-0.2, 0) is 4.84 Å². The molecule has 1 aromatic heterocycles. The van der Waals surface area contributed by atoms with Crippen LogP contribution < -0.4 is 11.2 Å². The third-order valence-electron chi connectivity index (χ3n) is 2.56. The summed E-state index contributed by atoms with van der Waals surface area (Å²) in [5.74, 6) is -0.0481. The molecule has 1 heterocycles. The van der Waals surface area contributed by atoms with Crippen molar-refractivity contribution in [2.24, 2.45) is 5.92 Å². The summed E-state index contributed by atoms with van der Waals surface area (Å²) in [6.07, 6.45) is 0. The van der Waals surface area contributed by atoms with Crippen molar-refractivity contribution >= 4 is 22.5 Å². The van der Waals surface area contributed by atoms with E-state index in [1.807, 2.05) is 38.1 Å². The third-order valence-corrected chi connectivity index (χ3v) is 2.56. The van der Waals surface area contributed by atoms with Gasteiger partial charge in [-0.1, -0.05) is 32.0 Å². The van der Waals surface area contributed by atoms with Crippen LogP contribution in [0, 0.1) is 5.92 Å². The van der Waals surface area contributed by atoms with Gasteiger partial charge in [-0.2, -0.15) is 0 Å². The summed E-state index contributed by atoms with van der Waals surface area (Å²) in [7, 11) is 0. The van der Waals surface area contributed by atoms with Crippen molar-refractivity contribution in [3.05, 3.63) is 36.0 Å². The van der Waals surface area contributed by atoms with E-state index in [9.17, 15) is 4.79 Å². The van der Waals surface area contributed by atoms with Gasteiger partial charge in [0.1, 0.15) is 5.69 Å². The average Bonchev–Trinajstić information content (AvgIpc) is 2.38. The quantitative estimate of drug-likeness (QED) is 0.825. The van der Waals surface area contributed by atoms with Crippen LogP contribution in [-0.4, -0.2) is 17.5 Å². The Morgan fingerprint density at radius 1 is 1.42 bits per heavy atom. The molecule has 0 radical (unpaired) electrons. The number of anilines is 1. The maximum absolute atomic E-state index is 11.9. The molecule has 0 aliphatic carbocycles. The average molecular weight is 259 g/mol. The zero-order valence-electron chi connectivity index (χ0n) is 11.0. The number of amides is 1. The minimum Gasteiger partial charge on any atom is -0.398 e. The zero-order chi connectivity index (χ0) is 13.8. The van der Waals surface area contributed by atoms with E-state index in [2.05, 4.69) is 10.5 Å². The van der Waals surface area contributed by atoms with E-state index in [0.717, 1.165) is 5.39 Å². The van der Waals surface area contributed by atoms with E-state index >= 15 is 0 Å².